The summed E-state index contributed by atoms with van der Waals surface area (Å²) in [5.74, 6) is 0.142. The van der Waals surface area contributed by atoms with E-state index in [1.165, 1.54) is 0 Å². The maximum atomic E-state index is 12.5. The largest absolute Gasteiger partial charge is 0.434 e. The lowest BCUT2D eigenvalue weighted by molar-refractivity contribution is 0.102. The summed E-state index contributed by atoms with van der Waals surface area (Å²) in [6, 6.07) is 16.0. The van der Waals surface area contributed by atoms with E-state index in [1.54, 1.807) is 48.7 Å². The van der Waals surface area contributed by atoms with Gasteiger partial charge in [0.1, 0.15) is 0 Å². The zero-order valence-corrected chi connectivity index (χ0v) is 15.6. The molecule has 0 aliphatic rings. The number of hydrogen-bond acceptors (Lipinski definition) is 4. The van der Waals surface area contributed by atoms with Crippen LogP contribution in [0.15, 0.2) is 69.7 Å². The number of carbonyl (C=O) groups excluding carboxylic acids is 1. The van der Waals surface area contributed by atoms with Crippen molar-refractivity contribution in [2.24, 2.45) is 0 Å². The van der Waals surface area contributed by atoms with E-state index in [2.05, 4.69) is 31.2 Å². The van der Waals surface area contributed by atoms with Crippen LogP contribution in [0.2, 0.25) is 5.02 Å². The molecule has 7 heteroatoms. The van der Waals surface area contributed by atoms with Gasteiger partial charge in [0.05, 0.1) is 10.6 Å². The normalized spacial score (nSPS) is 10.8. The van der Waals surface area contributed by atoms with E-state index < -0.39 is 0 Å². The molecule has 0 fully saturated rings. The van der Waals surface area contributed by atoms with Crippen molar-refractivity contribution in [1.82, 2.24) is 9.97 Å². The number of aromatic nitrogens is 2. The highest BCUT2D eigenvalue weighted by molar-refractivity contribution is 9.10. The van der Waals surface area contributed by atoms with E-state index >= 15 is 0 Å². The number of nitrogens with zero attached hydrogens (tertiary/aromatic N) is 2. The Hall–Kier alpha value is -2.70. The van der Waals surface area contributed by atoms with Gasteiger partial charge in [0, 0.05) is 21.9 Å². The number of carbonyl (C=O) groups is 1. The third kappa shape index (κ3) is 3.34. The summed E-state index contributed by atoms with van der Waals surface area (Å²) in [6.45, 7) is 0. The molecular weight excluding hydrogens is 418 g/mol. The van der Waals surface area contributed by atoms with E-state index in [-0.39, 0.29) is 5.91 Å². The van der Waals surface area contributed by atoms with Crippen molar-refractivity contribution in [3.05, 3.63) is 75.9 Å². The molecule has 26 heavy (non-hydrogen) atoms. The Morgan fingerprint density at radius 3 is 2.85 bits per heavy atom. The van der Waals surface area contributed by atoms with Crippen molar-refractivity contribution in [2.75, 3.05) is 5.32 Å². The van der Waals surface area contributed by atoms with Crippen molar-refractivity contribution in [2.45, 2.75) is 0 Å². The molecule has 1 N–H and O–H groups in total. The Labute approximate surface area is 162 Å². The molecule has 0 unspecified atom stereocenters. The predicted molar refractivity (Wildman–Crippen MR) is 104 cm³/mol. The first-order valence-electron chi connectivity index (χ1n) is 7.68. The molecule has 4 rings (SSSR count). The van der Waals surface area contributed by atoms with Crippen LogP contribution in [0.5, 0.6) is 0 Å². The maximum Gasteiger partial charge on any atom is 0.257 e. The number of fused-ring (bicyclic) bond motifs is 1. The maximum absolute atomic E-state index is 12.5. The van der Waals surface area contributed by atoms with Gasteiger partial charge in [-0.25, -0.2) is 4.98 Å². The van der Waals surface area contributed by atoms with Crippen molar-refractivity contribution < 1.29 is 9.21 Å². The van der Waals surface area contributed by atoms with Crippen LogP contribution in [0.4, 0.5) is 5.69 Å². The molecular formula is C19H11BrClN3O2. The number of oxazole rings is 1. The Balaban J connectivity index is 1.63. The Bertz CT molecular complexity index is 1090. The Morgan fingerprint density at radius 1 is 1.12 bits per heavy atom. The first kappa shape index (κ1) is 16.8. The first-order chi connectivity index (χ1) is 12.6. The molecule has 5 nitrogen and oxygen atoms in total. The lowest BCUT2D eigenvalue weighted by Gasteiger charge is -2.08. The van der Waals surface area contributed by atoms with Gasteiger partial charge in [-0.2, -0.15) is 4.98 Å². The molecule has 0 radical (unpaired) electrons. The summed E-state index contributed by atoms with van der Waals surface area (Å²) in [5, 5.41) is 3.22. The molecule has 0 saturated carbocycles. The highest BCUT2D eigenvalue weighted by Gasteiger charge is 2.13. The van der Waals surface area contributed by atoms with E-state index in [1.807, 2.05) is 12.1 Å². The van der Waals surface area contributed by atoms with Gasteiger partial charge < -0.3 is 9.73 Å². The highest BCUT2D eigenvalue weighted by atomic mass is 79.9. The summed E-state index contributed by atoms with van der Waals surface area (Å²) in [5.41, 5.74) is 2.88. The van der Waals surface area contributed by atoms with Crippen LogP contribution in [0.1, 0.15) is 10.4 Å². The molecule has 0 spiro atoms. The van der Waals surface area contributed by atoms with Crippen LogP contribution in [-0.2, 0) is 0 Å². The van der Waals surface area contributed by atoms with Gasteiger partial charge in [-0.15, -0.1) is 0 Å². The number of rotatable bonds is 3. The molecule has 0 bridgehead atoms. The minimum Gasteiger partial charge on any atom is -0.434 e. The monoisotopic (exact) mass is 427 g/mol. The molecule has 0 saturated heterocycles. The number of pyridine rings is 1. The van der Waals surface area contributed by atoms with Gasteiger partial charge in [0.25, 0.3) is 5.91 Å². The topological polar surface area (TPSA) is 68.0 Å². The van der Waals surface area contributed by atoms with Crippen molar-refractivity contribution in [1.29, 1.82) is 0 Å². The first-order valence-corrected chi connectivity index (χ1v) is 8.86. The standard InChI is InChI=1S/C19H11BrClN3O2/c20-12-6-7-15(21)14(10-12)18(25)23-13-4-1-3-11(9-13)19-24-17-16(26-19)5-2-8-22-17/h1-10H,(H,23,25). The van der Waals surface area contributed by atoms with Crippen molar-refractivity contribution in [3.8, 4) is 11.5 Å². The van der Waals surface area contributed by atoms with Crippen molar-refractivity contribution >= 4 is 50.4 Å². The number of amides is 1. The number of halogens is 2. The second-order valence-electron chi connectivity index (χ2n) is 5.50. The quantitative estimate of drug-likeness (QED) is 0.464. The molecule has 0 aliphatic heterocycles. The smallest absolute Gasteiger partial charge is 0.257 e. The zero-order valence-electron chi connectivity index (χ0n) is 13.2. The zero-order chi connectivity index (χ0) is 18.1. The third-order valence-corrected chi connectivity index (χ3v) is 4.53. The van der Waals surface area contributed by atoms with E-state index in [9.17, 15) is 4.79 Å². The number of hydrogen-bond donors (Lipinski definition) is 1. The number of nitrogens with one attached hydrogen (secondary N) is 1. The molecule has 2 heterocycles. The minimum atomic E-state index is -0.298. The van der Waals surface area contributed by atoms with E-state index in [0.717, 1.165) is 10.0 Å². The summed E-state index contributed by atoms with van der Waals surface area (Å²) in [4.78, 5) is 21.0. The summed E-state index contributed by atoms with van der Waals surface area (Å²) in [7, 11) is 0. The minimum absolute atomic E-state index is 0.298. The van der Waals surface area contributed by atoms with Crippen LogP contribution in [0, 0.1) is 0 Å². The number of anilines is 1. The summed E-state index contributed by atoms with van der Waals surface area (Å²) in [6.07, 6.45) is 1.66. The fourth-order valence-electron chi connectivity index (χ4n) is 2.49. The van der Waals surface area contributed by atoms with Crippen LogP contribution in [-0.4, -0.2) is 15.9 Å². The SMILES string of the molecule is O=C(Nc1cccc(-c2nc3ncccc3o2)c1)c1cc(Br)ccc1Cl. The van der Waals surface area contributed by atoms with E-state index in [0.29, 0.717) is 33.4 Å². The molecule has 1 amide bonds. The second-order valence-corrected chi connectivity index (χ2v) is 6.83. The molecule has 2 aromatic heterocycles. The Morgan fingerprint density at radius 2 is 2.00 bits per heavy atom. The molecule has 0 atom stereocenters. The van der Waals surface area contributed by atoms with Gasteiger partial charge in [-0.3, -0.25) is 4.79 Å². The number of benzene rings is 2. The fraction of sp³-hybridized carbons (Fsp3) is 0. The Kier molecular flexibility index (Phi) is 4.44. The van der Waals surface area contributed by atoms with Gasteiger partial charge >= 0.3 is 0 Å². The third-order valence-electron chi connectivity index (χ3n) is 3.71. The predicted octanol–water partition coefficient (Wildman–Crippen LogP) is 5.56. The average molecular weight is 429 g/mol. The molecule has 2 aromatic carbocycles. The summed E-state index contributed by atoms with van der Waals surface area (Å²) < 4.78 is 6.50. The van der Waals surface area contributed by atoms with Crippen LogP contribution in [0.3, 0.4) is 0 Å². The van der Waals surface area contributed by atoms with Crippen molar-refractivity contribution in [3.63, 3.8) is 0 Å². The van der Waals surface area contributed by atoms with Crippen LogP contribution >= 0.6 is 27.5 Å². The van der Waals surface area contributed by atoms with E-state index in [4.69, 9.17) is 16.0 Å². The van der Waals surface area contributed by atoms with Crippen LogP contribution < -0.4 is 5.32 Å². The van der Waals surface area contributed by atoms with Gasteiger partial charge in [-0.1, -0.05) is 33.6 Å². The van der Waals surface area contributed by atoms with Gasteiger partial charge in [-0.05, 0) is 48.5 Å². The average Bonchev–Trinajstić information content (AvgIpc) is 3.08. The second kappa shape index (κ2) is 6.90. The highest BCUT2D eigenvalue weighted by Crippen LogP contribution is 2.26. The summed E-state index contributed by atoms with van der Waals surface area (Å²) >= 11 is 9.46. The lowest BCUT2D eigenvalue weighted by Crippen LogP contribution is -2.12. The van der Waals surface area contributed by atoms with Gasteiger partial charge in [0.15, 0.2) is 11.2 Å². The fourth-order valence-corrected chi connectivity index (χ4v) is 3.06. The lowest BCUT2D eigenvalue weighted by atomic mass is 10.1. The van der Waals surface area contributed by atoms with Crippen LogP contribution in [0.25, 0.3) is 22.7 Å². The molecule has 0 aliphatic carbocycles. The van der Waals surface area contributed by atoms with Gasteiger partial charge in [0.2, 0.25) is 5.89 Å². The molecule has 4 aromatic rings. The molecule has 128 valence electrons.